The number of hydrogen-bond donors (Lipinski definition) is 0. The third-order valence-electron chi connectivity index (χ3n) is 5.97. The number of unbranched alkanes of at least 4 members (excludes halogenated alkanes) is 1. The van der Waals surface area contributed by atoms with E-state index in [1.165, 1.54) is 30.4 Å². The van der Waals surface area contributed by atoms with E-state index in [1.54, 1.807) is 0 Å². The number of benzene rings is 2. The van der Waals surface area contributed by atoms with Gasteiger partial charge in [0.1, 0.15) is 0 Å². The summed E-state index contributed by atoms with van der Waals surface area (Å²) in [6, 6.07) is 12.8. The van der Waals surface area contributed by atoms with Gasteiger partial charge in [-0.05, 0) is 79.3 Å². The van der Waals surface area contributed by atoms with Gasteiger partial charge < -0.3 is 18.9 Å². The van der Waals surface area contributed by atoms with Crippen LogP contribution in [0.3, 0.4) is 0 Å². The lowest BCUT2D eigenvalue weighted by Crippen LogP contribution is -2.21. The van der Waals surface area contributed by atoms with Gasteiger partial charge in [0, 0.05) is 10.7 Å². The molecule has 0 spiro atoms. The van der Waals surface area contributed by atoms with Crippen molar-refractivity contribution in [1.82, 2.24) is 0 Å². The minimum atomic E-state index is 0.322. The molecule has 0 radical (unpaired) electrons. The van der Waals surface area contributed by atoms with E-state index in [0.717, 1.165) is 52.9 Å². The van der Waals surface area contributed by atoms with E-state index in [0.29, 0.717) is 25.4 Å². The van der Waals surface area contributed by atoms with Crippen molar-refractivity contribution in [2.24, 2.45) is 11.8 Å². The average molecular weight is 540 g/mol. The van der Waals surface area contributed by atoms with Crippen molar-refractivity contribution in [3.63, 3.8) is 0 Å². The Bertz CT molecular complexity index is 842. The number of rotatable bonds is 11. The molecule has 0 fully saturated rings. The summed E-state index contributed by atoms with van der Waals surface area (Å²) in [6.07, 6.45) is 6.93. The quantitative estimate of drug-likeness (QED) is 0.241. The Hall–Kier alpha value is -1.40. The molecule has 2 heterocycles. The second-order valence-corrected chi connectivity index (χ2v) is 9.55. The lowest BCUT2D eigenvalue weighted by atomic mass is 9.78. The Morgan fingerprint density at radius 2 is 1.17 bits per heavy atom. The van der Waals surface area contributed by atoms with Crippen molar-refractivity contribution in [2.45, 2.75) is 38.5 Å². The highest BCUT2D eigenvalue weighted by Gasteiger charge is 2.24. The molecule has 2 aromatic carbocycles. The molecule has 4 rings (SSSR count). The maximum absolute atomic E-state index is 5.60. The van der Waals surface area contributed by atoms with Crippen LogP contribution < -0.4 is 18.9 Å². The highest BCUT2D eigenvalue weighted by molar-refractivity contribution is 9.09. The SMILES string of the molecule is BrCCCC[C@H](Cc1ccc2c(c1)OCO2)[C@H](CCBr)Cc1ccc2c(c1)OCO2. The van der Waals surface area contributed by atoms with Crippen LogP contribution in [-0.4, -0.2) is 24.2 Å². The van der Waals surface area contributed by atoms with Gasteiger partial charge in [-0.15, -0.1) is 0 Å². The molecule has 0 amide bonds. The van der Waals surface area contributed by atoms with Crippen LogP contribution in [0.2, 0.25) is 0 Å². The number of ether oxygens (including phenoxy) is 4. The molecule has 0 aromatic heterocycles. The number of alkyl halides is 2. The standard InChI is InChI=1S/C24H28Br2O4/c25-9-2-1-3-19(11-17-4-6-21-23(13-17)29-15-27-21)20(8-10-26)12-18-5-7-22-24(14-18)30-16-28-22/h4-7,13-14,19-20H,1-3,8-12,15-16H2/t19-,20-/m1/s1. The van der Waals surface area contributed by atoms with Gasteiger partial charge in [-0.3, -0.25) is 0 Å². The van der Waals surface area contributed by atoms with E-state index in [4.69, 9.17) is 18.9 Å². The first-order valence-corrected chi connectivity index (χ1v) is 12.9. The predicted molar refractivity (Wildman–Crippen MR) is 126 cm³/mol. The van der Waals surface area contributed by atoms with Crippen molar-refractivity contribution in [2.75, 3.05) is 24.2 Å². The first-order chi connectivity index (χ1) is 14.8. The highest BCUT2D eigenvalue weighted by Crippen LogP contribution is 2.37. The van der Waals surface area contributed by atoms with Crippen molar-refractivity contribution in [3.05, 3.63) is 47.5 Å². The van der Waals surface area contributed by atoms with Gasteiger partial charge in [0.2, 0.25) is 13.6 Å². The maximum Gasteiger partial charge on any atom is 0.231 e. The smallest absolute Gasteiger partial charge is 0.231 e. The zero-order chi connectivity index (χ0) is 20.8. The highest BCUT2D eigenvalue weighted by atomic mass is 79.9. The summed E-state index contributed by atoms with van der Waals surface area (Å²) < 4.78 is 22.2. The van der Waals surface area contributed by atoms with E-state index in [2.05, 4.69) is 56.1 Å². The van der Waals surface area contributed by atoms with Gasteiger partial charge >= 0.3 is 0 Å². The summed E-state index contributed by atoms with van der Waals surface area (Å²) in [5.41, 5.74) is 2.65. The molecule has 4 nitrogen and oxygen atoms in total. The van der Waals surface area contributed by atoms with Crippen molar-refractivity contribution < 1.29 is 18.9 Å². The largest absolute Gasteiger partial charge is 0.454 e. The Labute approximate surface area is 195 Å². The van der Waals surface area contributed by atoms with Gasteiger partial charge in [-0.25, -0.2) is 0 Å². The molecule has 0 aliphatic carbocycles. The average Bonchev–Trinajstić information content (AvgIpc) is 3.41. The van der Waals surface area contributed by atoms with Crippen LogP contribution in [0.15, 0.2) is 36.4 Å². The van der Waals surface area contributed by atoms with Crippen LogP contribution >= 0.6 is 31.9 Å². The monoisotopic (exact) mass is 538 g/mol. The second-order valence-electron chi connectivity index (χ2n) is 7.97. The van der Waals surface area contributed by atoms with Crippen LogP contribution in [0, 0.1) is 11.8 Å². The lowest BCUT2D eigenvalue weighted by molar-refractivity contribution is 0.173. The molecular formula is C24H28Br2O4. The first-order valence-electron chi connectivity index (χ1n) is 10.7. The van der Waals surface area contributed by atoms with Gasteiger partial charge in [0.15, 0.2) is 23.0 Å². The van der Waals surface area contributed by atoms with Crippen LogP contribution in [0.4, 0.5) is 0 Å². The Morgan fingerprint density at radius 3 is 1.70 bits per heavy atom. The summed E-state index contributed by atoms with van der Waals surface area (Å²) >= 11 is 7.29. The molecular weight excluding hydrogens is 512 g/mol. The summed E-state index contributed by atoms with van der Waals surface area (Å²) in [4.78, 5) is 0. The third kappa shape index (κ3) is 5.44. The van der Waals surface area contributed by atoms with E-state index >= 15 is 0 Å². The number of halogens is 2. The van der Waals surface area contributed by atoms with Crippen molar-refractivity contribution >= 4 is 31.9 Å². The summed E-state index contributed by atoms with van der Waals surface area (Å²) in [7, 11) is 0. The fourth-order valence-electron chi connectivity index (χ4n) is 4.39. The minimum absolute atomic E-state index is 0.322. The van der Waals surface area contributed by atoms with Crippen LogP contribution in [-0.2, 0) is 12.8 Å². The number of hydrogen-bond acceptors (Lipinski definition) is 4. The van der Waals surface area contributed by atoms with Crippen molar-refractivity contribution in [3.8, 4) is 23.0 Å². The predicted octanol–water partition coefficient (Wildman–Crippen LogP) is 6.51. The molecule has 162 valence electrons. The summed E-state index contributed by atoms with van der Waals surface area (Å²) in [5.74, 6) is 4.64. The zero-order valence-electron chi connectivity index (χ0n) is 17.1. The molecule has 2 aromatic rings. The fourth-order valence-corrected chi connectivity index (χ4v) is 5.38. The Kier molecular flexibility index (Phi) is 7.83. The van der Waals surface area contributed by atoms with E-state index in [-0.39, 0.29) is 0 Å². The Morgan fingerprint density at radius 1 is 0.633 bits per heavy atom. The zero-order valence-corrected chi connectivity index (χ0v) is 20.3. The van der Waals surface area contributed by atoms with Gasteiger partial charge in [-0.1, -0.05) is 50.4 Å². The van der Waals surface area contributed by atoms with Crippen LogP contribution in [0.25, 0.3) is 0 Å². The molecule has 30 heavy (non-hydrogen) atoms. The summed E-state index contributed by atoms with van der Waals surface area (Å²) in [6.45, 7) is 0.646. The van der Waals surface area contributed by atoms with Crippen LogP contribution in [0.5, 0.6) is 23.0 Å². The second kappa shape index (κ2) is 10.8. The molecule has 0 saturated carbocycles. The van der Waals surface area contributed by atoms with Gasteiger partial charge in [0.25, 0.3) is 0 Å². The molecule has 0 N–H and O–H groups in total. The minimum Gasteiger partial charge on any atom is -0.454 e. The third-order valence-corrected chi connectivity index (χ3v) is 6.99. The molecule has 2 aliphatic rings. The van der Waals surface area contributed by atoms with Crippen LogP contribution in [0.1, 0.15) is 36.8 Å². The molecule has 0 saturated heterocycles. The molecule has 2 atom stereocenters. The molecule has 6 heteroatoms. The molecule has 0 bridgehead atoms. The molecule has 2 aliphatic heterocycles. The number of fused-ring (bicyclic) bond motifs is 2. The van der Waals surface area contributed by atoms with E-state index in [1.807, 2.05) is 12.1 Å². The van der Waals surface area contributed by atoms with Gasteiger partial charge in [-0.2, -0.15) is 0 Å². The van der Waals surface area contributed by atoms with Gasteiger partial charge in [0.05, 0.1) is 0 Å². The first kappa shape index (κ1) is 21.8. The normalized spacial score (nSPS) is 15.9. The Balaban J connectivity index is 1.51. The maximum atomic E-state index is 5.60. The van der Waals surface area contributed by atoms with E-state index < -0.39 is 0 Å². The lowest BCUT2D eigenvalue weighted by Gasteiger charge is -2.28. The summed E-state index contributed by atoms with van der Waals surface area (Å²) in [5, 5.41) is 2.08. The van der Waals surface area contributed by atoms with Crippen molar-refractivity contribution in [1.29, 1.82) is 0 Å². The topological polar surface area (TPSA) is 36.9 Å². The molecule has 0 unspecified atom stereocenters. The van der Waals surface area contributed by atoms with E-state index in [9.17, 15) is 0 Å². The fraction of sp³-hybridized carbons (Fsp3) is 0.500.